The van der Waals surface area contributed by atoms with Crippen molar-refractivity contribution in [2.24, 2.45) is 5.73 Å². The molecular formula is C11H17N5S. The molecule has 0 aliphatic rings. The summed E-state index contributed by atoms with van der Waals surface area (Å²) in [6.45, 7) is 6.83. The molecule has 0 radical (unpaired) electrons. The summed E-state index contributed by atoms with van der Waals surface area (Å²) in [5, 5.41) is 11.4. The summed E-state index contributed by atoms with van der Waals surface area (Å²) in [7, 11) is 0. The second kappa shape index (κ2) is 4.93. The second-order valence-electron chi connectivity index (χ2n) is 4.20. The minimum Gasteiger partial charge on any atom is -0.330 e. The summed E-state index contributed by atoms with van der Waals surface area (Å²) in [6.07, 6.45) is 0.819. The van der Waals surface area contributed by atoms with Crippen LogP contribution in [0.1, 0.15) is 30.7 Å². The molecule has 0 unspecified atom stereocenters. The van der Waals surface area contributed by atoms with E-state index in [4.69, 9.17) is 5.73 Å². The summed E-state index contributed by atoms with van der Waals surface area (Å²) in [5.74, 6) is 1.76. The number of rotatable bonds is 4. The number of thiazole rings is 1. The average Bonchev–Trinajstić information content (AvgIpc) is 2.84. The van der Waals surface area contributed by atoms with Gasteiger partial charge in [-0.3, -0.25) is 0 Å². The molecule has 0 bridgehead atoms. The summed E-state index contributed by atoms with van der Waals surface area (Å²) >= 11 is 1.63. The Hall–Kier alpha value is -1.27. The third-order valence-electron chi connectivity index (χ3n) is 2.52. The molecule has 5 nitrogen and oxygen atoms in total. The fourth-order valence-corrected chi connectivity index (χ4v) is 2.61. The lowest BCUT2D eigenvalue weighted by Crippen LogP contribution is -2.06. The van der Waals surface area contributed by atoms with Gasteiger partial charge in [-0.05, 0) is 27.3 Å². The first-order valence-corrected chi connectivity index (χ1v) is 6.57. The van der Waals surface area contributed by atoms with Gasteiger partial charge in [0.05, 0.1) is 5.01 Å². The fraction of sp³-hybridized carbons (Fsp3) is 0.545. The summed E-state index contributed by atoms with van der Waals surface area (Å²) in [6, 6.07) is 0.333. The summed E-state index contributed by atoms with van der Waals surface area (Å²) < 4.78 is 2.10. The molecule has 0 amide bonds. The van der Waals surface area contributed by atoms with Gasteiger partial charge in [-0.25, -0.2) is 4.98 Å². The van der Waals surface area contributed by atoms with Crippen molar-refractivity contribution in [1.29, 1.82) is 0 Å². The highest BCUT2D eigenvalue weighted by Gasteiger charge is 2.15. The molecule has 2 heterocycles. The highest BCUT2D eigenvalue weighted by molar-refractivity contribution is 7.09. The number of hydrogen-bond donors (Lipinski definition) is 1. The first-order chi connectivity index (χ1) is 8.13. The maximum atomic E-state index is 5.52. The van der Waals surface area contributed by atoms with Crippen molar-refractivity contribution < 1.29 is 0 Å². The fourth-order valence-electron chi connectivity index (χ4n) is 1.81. The van der Waals surface area contributed by atoms with E-state index in [0.717, 1.165) is 28.8 Å². The molecule has 17 heavy (non-hydrogen) atoms. The molecule has 0 aliphatic heterocycles. The number of aryl methyl sites for hydroxylation is 1. The lowest BCUT2D eigenvalue weighted by Gasteiger charge is -2.10. The van der Waals surface area contributed by atoms with Gasteiger partial charge in [0.25, 0.3) is 0 Å². The predicted octanol–water partition coefficient (Wildman–Crippen LogP) is 1.79. The van der Waals surface area contributed by atoms with E-state index in [-0.39, 0.29) is 0 Å². The van der Waals surface area contributed by atoms with Crippen LogP contribution in [-0.2, 0) is 6.42 Å². The third kappa shape index (κ3) is 2.37. The molecule has 0 spiro atoms. The van der Waals surface area contributed by atoms with Gasteiger partial charge in [0, 0.05) is 17.8 Å². The monoisotopic (exact) mass is 251 g/mol. The molecule has 0 atom stereocenters. The zero-order valence-electron chi connectivity index (χ0n) is 10.3. The molecule has 92 valence electrons. The van der Waals surface area contributed by atoms with Crippen LogP contribution in [0.15, 0.2) is 5.38 Å². The topological polar surface area (TPSA) is 69.6 Å². The molecule has 6 heteroatoms. The highest BCUT2D eigenvalue weighted by Crippen LogP contribution is 2.23. The molecule has 0 fully saturated rings. The Bertz CT molecular complexity index is 500. The minimum atomic E-state index is 0.333. The van der Waals surface area contributed by atoms with Crippen LogP contribution >= 0.6 is 11.3 Å². The van der Waals surface area contributed by atoms with E-state index in [1.807, 2.05) is 12.3 Å². The average molecular weight is 251 g/mol. The van der Waals surface area contributed by atoms with E-state index in [9.17, 15) is 0 Å². The Kier molecular flexibility index (Phi) is 3.54. The summed E-state index contributed by atoms with van der Waals surface area (Å²) in [4.78, 5) is 4.54. The van der Waals surface area contributed by atoms with Crippen molar-refractivity contribution in [1.82, 2.24) is 19.7 Å². The molecule has 2 aromatic heterocycles. The van der Waals surface area contributed by atoms with Crippen molar-refractivity contribution in [3.63, 3.8) is 0 Å². The van der Waals surface area contributed by atoms with Gasteiger partial charge in [-0.15, -0.1) is 21.5 Å². The van der Waals surface area contributed by atoms with Gasteiger partial charge >= 0.3 is 0 Å². The van der Waals surface area contributed by atoms with Crippen LogP contribution in [0.5, 0.6) is 0 Å². The van der Waals surface area contributed by atoms with Gasteiger partial charge in [-0.2, -0.15) is 0 Å². The van der Waals surface area contributed by atoms with Crippen molar-refractivity contribution in [2.45, 2.75) is 33.2 Å². The number of aromatic nitrogens is 4. The lowest BCUT2D eigenvalue weighted by molar-refractivity contribution is 0.587. The molecule has 0 saturated carbocycles. The van der Waals surface area contributed by atoms with Crippen LogP contribution in [0.4, 0.5) is 0 Å². The third-order valence-corrected chi connectivity index (χ3v) is 3.43. The Morgan fingerprint density at radius 1 is 1.41 bits per heavy atom. The largest absolute Gasteiger partial charge is 0.330 e. The molecule has 0 saturated heterocycles. The van der Waals surface area contributed by atoms with Crippen LogP contribution in [-0.4, -0.2) is 26.3 Å². The lowest BCUT2D eigenvalue weighted by atomic mass is 10.3. The molecule has 0 aromatic carbocycles. The number of nitrogens with two attached hydrogens (primary N) is 1. The summed E-state index contributed by atoms with van der Waals surface area (Å²) in [5.41, 5.74) is 6.42. The first kappa shape index (κ1) is 12.2. The van der Waals surface area contributed by atoms with Gasteiger partial charge in [0.15, 0.2) is 5.82 Å². The van der Waals surface area contributed by atoms with E-state index >= 15 is 0 Å². The van der Waals surface area contributed by atoms with Gasteiger partial charge in [-0.1, -0.05) is 0 Å². The van der Waals surface area contributed by atoms with Crippen molar-refractivity contribution >= 4 is 11.3 Å². The minimum absolute atomic E-state index is 0.333. The molecule has 0 aliphatic carbocycles. The number of hydrogen-bond acceptors (Lipinski definition) is 5. The van der Waals surface area contributed by atoms with Crippen molar-refractivity contribution in [3.05, 3.63) is 16.2 Å². The van der Waals surface area contributed by atoms with Gasteiger partial charge in [0.1, 0.15) is 11.5 Å². The van der Waals surface area contributed by atoms with Crippen LogP contribution in [0.25, 0.3) is 11.5 Å². The molecule has 2 rings (SSSR count). The van der Waals surface area contributed by atoms with Crippen LogP contribution < -0.4 is 5.73 Å². The van der Waals surface area contributed by atoms with Gasteiger partial charge in [0.2, 0.25) is 0 Å². The van der Waals surface area contributed by atoms with E-state index in [2.05, 4.69) is 33.6 Å². The maximum absolute atomic E-state index is 5.52. The Labute approximate surface area is 105 Å². The van der Waals surface area contributed by atoms with Crippen LogP contribution in [0.2, 0.25) is 0 Å². The Morgan fingerprint density at radius 3 is 2.82 bits per heavy atom. The van der Waals surface area contributed by atoms with Crippen molar-refractivity contribution in [3.8, 4) is 11.5 Å². The van der Waals surface area contributed by atoms with E-state index < -0.39 is 0 Å². The standard InChI is InChI=1S/C11H17N5S/c1-7(2)16-8(3)14-15-11(16)9-6-17-10(13-9)4-5-12/h6-7H,4-5,12H2,1-3H3. The Balaban J connectivity index is 2.38. The zero-order chi connectivity index (χ0) is 12.4. The Morgan fingerprint density at radius 2 is 2.18 bits per heavy atom. The van der Waals surface area contributed by atoms with E-state index in [0.29, 0.717) is 12.6 Å². The van der Waals surface area contributed by atoms with E-state index in [1.165, 1.54) is 0 Å². The maximum Gasteiger partial charge on any atom is 0.183 e. The normalized spacial score (nSPS) is 11.4. The second-order valence-corrected chi connectivity index (χ2v) is 5.14. The first-order valence-electron chi connectivity index (χ1n) is 5.69. The predicted molar refractivity (Wildman–Crippen MR) is 69.0 cm³/mol. The quantitative estimate of drug-likeness (QED) is 0.899. The smallest absolute Gasteiger partial charge is 0.183 e. The zero-order valence-corrected chi connectivity index (χ0v) is 11.2. The van der Waals surface area contributed by atoms with Gasteiger partial charge < -0.3 is 10.3 Å². The number of nitrogens with zero attached hydrogens (tertiary/aromatic N) is 4. The van der Waals surface area contributed by atoms with Crippen LogP contribution in [0, 0.1) is 6.92 Å². The molecule has 2 aromatic rings. The SMILES string of the molecule is Cc1nnc(-c2csc(CCN)n2)n1C(C)C. The van der Waals surface area contributed by atoms with Crippen molar-refractivity contribution in [2.75, 3.05) is 6.54 Å². The molecular weight excluding hydrogens is 234 g/mol. The van der Waals surface area contributed by atoms with Crippen LogP contribution in [0.3, 0.4) is 0 Å². The molecule has 2 N–H and O–H groups in total. The highest BCUT2D eigenvalue weighted by atomic mass is 32.1. The van der Waals surface area contributed by atoms with E-state index in [1.54, 1.807) is 11.3 Å².